The lowest BCUT2D eigenvalue weighted by Crippen LogP contribution is -2.49. The quantitative estimate of drug-likeness (QED) is 0.681. The number of aromatic nitrogens is 3. The van der Waals surface area contributed by atoms with E-state index in [0.29, 0.717) is 30.3 Å². The van der Waals surface area contributed by atoms with E-state index in [4.69, 9.17) is 11.6 Å². The normalized spacial score (nSPS) is 17.3. The van der Waals surface area contributed by atoms with Crippen LogP contribution >= 0.6 is 11.6 Å². The van der Waals surface area contributed by atoms with Crippen molar-refractivity contribution < 1.29 is 4.79 Å². The van der Waals surface area contributed by atoms with Gasteiger partial charge in [0.05, 0.1) is 23.8 Å². The number of anilines is 1. The summed E-state index contributed by atoms with van der Waals surface area (Å²) in [6.45, 7) is 2.95. The number of halogens is 1. The lowest BCUT2D eigenvalue weighted by atomic mass is 10.1. The summed E-state index contributed by atoms with van der Waals surface area (Å²) in [6, 6.07) is 8.58. The molecule has 28 heavy (non-hydrogen) atoms. The summed E-state index contributed by atoms with van der Waals surface area (Å²) >= 11 is 5.99. The number of benzene rings is 1. The fourth-order valence-electron chi connectivity index (χ4n) is 3.80. The molecule has 1 aromatic carbocycles. The highest BCUT2D eigenvalue weighted by molar-refractivity contribution is 6.30. The van der Waals surface area contributed by atoms with Crippen LogP contribution in [0.3, 0.4) is 0 Å². The minimum atomic E-state index is 0.197. The molecule has 1 aliphatic heterocycles. The zero-order chi connectivity index (χ0) is 19.1. The van der Waals surface area contributed by atoms with Gasteiger partial charge < -0.3 is 9.80 Å². The van der Waals surface area contributed by atoms with Gasteiger partial charge in [0.1, 0.15) is 5.82 Å². The molecule has 1 amide bonds. The van der Waals surface area contributed by atoms with E-state index in [-0.39, 0.29) is 5.91 Å². The fourth-order valence-corrected chi connectivity index (χ4v) is 3.95. The first-order valence-corrected chi connectivity index (χ1v) is 10.2. The second kappa shape index (κ2) is 7.09. The summed E-state index contributed by atoms with van der Waals surface area (Å²) in [5.41, 5.74) is 2.51. The van der Waals surface area contributed by atoms with Crippen LogP contribution in [0.4, 0.5) is 5.82 Å². The number of piperazine rings is 1. The molecule has 0 spiro atoms. The first kappa shape index (κ1) is 17.5. The predicted molar refractivity (Wildman–Crippen MR) is 109 cm³/mol. The monoisotopic (exact) mass is 395 g/mol. The van der Waals surface area contributed by atoms with Crippen LogP contribution in [0, 0.1) is 0 Å². The Kier molecular flexibility index (Phi) is 4.43. The largest absolute Gasteiger partial charge is 0.352 e. The molecule has 1 saturated carbocycles. The number of rotatable bonds is 4. The van der Waals surface area contributed by atoms with E-state index in [1.165, 1.54) is 18.4 Å². The molecule has 6 nitrogen and oxygen atoms in total. The van der Waals surface area contributed by atoms with Gasteiger partial charge in [-0.1, -0.05) is 35.9 Å². The van der Waals surface area contributed by atoms with Crippen molar-refractivity contribution in [2.45, 2.75) is 25.2 Å². The number of amides is 1. The van der Waals surface area contributed by atoms with Gasteiger partial charge in [-0.3, -0.25) is 9.20 Å². The van der Waals surface area contributed by atoms with Crippen LogP contribution in [0.25, 0.3) is 5.78 Å². The van der Waals surface area contributed by atoms with E-state index in [0.717, 1.165) is 30.4 Å². The minimum absolute atomic E-state index is 0.197. The molecule has 2 aromatic heterocycles. The van der Waals surface area contributed by atoms with Gasteiger partial charge in [-0.15, -0.1) is 0 Å². The zero-order valence-corrected chi connectivity index (χ0v) is 16.3. The third kappa shape index (κ3) is 3.56. The smallest absolute Gasteiger partial charge is 0.235 e. The maximum Gasteiger partial charge on any atom is 0.235 e. The lowest BCUT2D eigenvalue weighted by molar-refractivity contribution is -0.130. The Morgan fingerprint density at radius 2 is 1.82 bits per heavy atom. The molecular formula is C21H22ClN5O. The van der Waals surface area contributed by atoms with Gasteiger partial charge in [0.25, 0.3) is 0 Å². The molecule has 0 unspecified atom stereocenters. The van der Waals surface area contributed by atoms with Gasteiger partial charge in [-0.25, -0.2) is 4.98 Å². The Bertz CT molecular complexity index is 1000. The maximum atomic E-state index is 12.7. The molecular weight excluding hydrogens is 374 g/mol. The van der Waals surface area contributed by atoms with Crippen molar-refractivity contribution in [1.29, 1.82) is 0 Å². The summed E-state index contributed by atoms with van der Waals surface area (Å²) in [5.74, 6) is 2.45. The first-order chi connectivity index (χ1) is 13.7. The number of carbonyl (C=O) groups is 1. The SMILES string of the molecule is O=C(Cc1ccc(C2CC2)cc1)N1CCN(c2cn3cc(Cl)cnc3n2)CC1. The van der Waals surface area contributed by atoms with Crippen LogP contribution in [0.5, 0.6) is 0 Å². The van der Waals surface area contributed by atoms with Gasteiger partial charge in [0.15, 0.2) is 0 Å². The van der Waals surface area contributed by atoms with Crippen LogP contribution < -0.4 is 4.90 Å². The van der Waals surface area contributed by atoms with Crippen molar-refractivity contribution in [2.75, 3.05) is 31.1 Å². The average Bonchev–Trinajstić information content (AvgIpc) is 3.48. The van der Waals surface area contributed by atoms with Crippen LogP contribution in [-0.4, -0.2) is 51.4 Å². The topological polar surface area (TPSA) is 53.7 Å². The van der Waals surface area contributed by atoms with E-state index in [9.17, 15) is 4.79 Å². The predicted octanol–water partition coefficient (Wildman–Crippen LogP) is 3.15. The third-order valence-electron chi connectivity index (χ3n) is 5.61. The minimum Gasteiger partial charge on any atom is -0.352 e. The number of nitrogens with zero attached hydrogens (tertiary/aromatic N) is 5. The van der Waals surface area contributed by atoms with Gasteiger partial charge in [-0.05, 0) is 29.9 Å². The van der Waals surface area contributed by atoms with Crippen molar-refractivity contribution in [1.82, 2.24) is 19.3 Å². The molecule has 0 radical (unpaired) electrons. The molecule has 1 saturated heterocycles. The molecule has 0 atom stereocenters. The molecule has 3 heterocycles. The Balaban J connectivity index is 1.19. The van der Waals surface area contributed by atoms with E-state index in [1.807, 2.05) is 15.5 Å². The Labute approximate surface area is 168 Å². The summed E-state index contributed by atoms with van der Waals surface area (Å²) in [6.07, 6.45) is 8.42. The standard InChI is InChI=1S/C21H22ClN5O/c22-18-12-23-21-24-19(14-27(21)13-18)25-7-9-26(10-8-25)20(28)11-15-1-3-16(4-2-15)17-5-6-17/h1-4,12-14,17H,5-11H2. The van der Waals surface area contributed by atoms with Gasteiger partial charge >= 0.3 is 0 Å². The Morgan fingerprint density at radius 1 is 1.07 bits per heavy atom. The van der Waals surface area contributed by atoms with Crippen molar-refractivity contribution in [2.24, 2.45) is 0 Å². The highest BCUT2D eigenvalue weighted by atomic mass is 35.5. The lowest BCUT2D eigenvalue weighted by Gasteiger charge is -2.34. The number of hydrogen-bond donors (Lipinski definition) is 0. The van der Waals surface area contributed by atoms with Crippen molar-refractivity contribution in [3.63, 3.8) is 0 Å². The Morgan fingerprint density at radius 3 is 2.54 bits per heavy atom. The second-order valence-electron chi connectivity index (χ2n) is 7.64. The molecule has 1 aliphatic carbocycles. The summed E-state index contributed by atoms with van der Waals surface area (Å²) in [7, 11) is 0. The summed E-state index contributed by atoms with van der Waals surface area (Å²) in [4.78, 5) is 25.6. The van der Waals surface area contributed by atoms with E-state index < -0.39 is 0 Å². The van der Waals surface area contributed by atoms with Gasteiger partial charge in [0, 0.05) is 32.4 Å². The summed E-state index contributed by atoms with van der Waals surface area (Å²) < 4.78 is 1.83. The number of hydrogen-bond acceptors (Lipinski definition) is 4. The number of imidazole rings is 1. The van der Waals surface area contributed by atoms with Crippen molar-refractivity contribution in [3.05, 3.63) is 59.0 Å². The molecule has 3 aromatic rings. The van der Waals surface area contributed by atoms with E-state index in [2.05, 4.69) is 39.1 Å². The number of fused-ring (bicyclic) bond motifs is 1. The zero-order valence-electron chi connectivity index (χ0n) is 15.6. The van der Waals surface area contributed by atoms with E-state index in [1.54, 1.807) is 12.4 Å². The van der Waals surface area contributed by atoms with Crippen LogP contribution in [0.2, 0.25) is 5.02 Å². The average molecular weight is 396 g/mol. The molecule has 2 aliphatic rings. The van der Waals surface area contributed by atoms with Crippen LogP contribution in [0.15, 0.2) is 42.9 Å². The first-order valence-electron chi connectivity index (χ1n) is 9.77. The van der Waals surface area contributed by atoms with Crippen LogP contribution in [-0.2, 0) is 11.2 Å². The summed E-state index contributed by atoms with van der Waals surface area (Å²) in [5, 5.41) is 0.581. The van der Waals surface area contributed by atoms with Gasteiger partial charge in [0.2, 0.25) is 11.7 Å². The molecule has 7 heteroatoms. The highest BCUT2D eigenvalue weighted by Crippen LogP contribution is 2.39. The molecule has 2 fully saturated rings. The van der Waals surface area contributed by atoms with Gasteiger partial charge in [-0.2, -0.15) is 4.98 Å². The molecule has 0 bridgehead atoms. The van der Waals surface area contributed by atoms with Crippen molar-refractivity contribution in [3.8, 4) is 0 Å². The molecule has 0 N–H and O–H groups in total. The Hall–Kier alpha value is -2.60. The highest BCUT2D eigenvalue weighted by Gasteiger charge is 2.24. The van der Waals surface area contributed by atoms with E-state index >= 15 is 0 Å². The third-order valence-corrected chi connectivity index (χ3v) is 5.80. The fraction of sp³-hybridized carbons (Fsp3) is 0.381. The van der Waals surface area contributed by atoms with Crippen molar-refractivity contribution >= 4 is 29.1 Å². The number of carbonyl (C=O) groups excluding carboxylic acids is 1. The second-order valence-corrected chi connectivity index (χ2v) is 8.08. The molecule has 144 valence electrons. The maximum absolute atomic E-state index is 12.7. The molecule has 5 rings (SSSR count). The van der Waals surface area contributed by atoms with Crippen LogP contribution in [0.1, 0.15) is 29.9 Å².